The van der Waals surface area contributed by atoms with Gasteiger partial charge in [0.2, 0.25) is 0 Å². The van der Waals surface area contributed by atoms with Crippen molar-refractivity contribution in [1.29, 1.82) is 0 Å². The SMILES string of the molecule is CCCn1ccnc1CN[C@H](C)c1cccc(C)c1. The van der Waals surface area contributed by atoms with E-state index in [1.165, 1.54) is 11.1 Å². The first-order chi connectivity index (χ1) is 9.20. The number of aromatic nitrogens is 2. The molecule has 0 amide bonds. The van der Waals surface area contributed by atoms with Crippen molar-refractivity contribution >= 4 is 0 Å². The van der Waals surface area contributed by atoms with Gasteiger partial charge < -0.3 is 9.88 Å². The molecule has 1 atom stereocenters. The van der Waals surface area contributed by atoms with Gasteiger partial charge in [-0.15, -0.1) is 0 Å². The summed E-state index contributed by atoms with van der Waals surface area (Å²) in [4.78, 5) is 4.42. The van der Waals surface area contributed by atoms with Gasteiger partial charge in [0.1, 0.15) is 5.82 Å². The molecule has 0 radical (unpaired) electrons. The predicted molar refractivity (Wildman–Crippen MR) is 79.0 cm³/mol. The highest BCUT2D eigenvalue weighted by atomic mass is 15.1. The monoisotopic (exact) mass is 257 g/mol. The van der Waals surface area contributed by atoms with Crippen molar-refractivity contribution in [2.45, 2.75) is 46.3 Å². The second-order valence-corrected chi connectivity index (χ2v) is 5.05. The van der Waals surface area contributed by atoms with Gasteiger partial charge in [-0.3, -0.25) is 0 Å². The Kier molecular flexibility index (Phi) is 4.74. The fourth-order valence-corrected chi connectivity index (χ4v) is 2.25. The van der Waals surface area contributed by atoms with E-state index < -0.39 is 0 Å². The van der Waals surface area contributed by atoms with Gasteiger partial charge in [0, 0.05) is 25.0 Å². The minimum absolute atomic E-state index is 0.340. The molecule has 2 aromatic rings. The van der Waals surface area contributed by atoms with Crippen molar-refractivity contribution in [3.05, 3.63) is 53.6 Å². The third-order valence-electron chi connectivity index (χ3n) is 3.37. The molecule has 2 rings (SSSR count). The first-order valence-electron chi connectivity index (χ1n) is 7.00. The van der Waals surface area contributed by atoms with Crippen molar-refractivity contribution in [3.8, 4) is 0 Å². The quantitative estimate of drug-likeness (QED) is 0.859. The number of hydrogen-bond donors (Lipinski definition) is 1. The number of nitrogens with zero attached hydrogens (tertiary/aromatic N) is 2. The van der Waals surface area contributed by atoms with Crippen LogP contribution in [0, 0.1) is 6.92 Å². The average molecular weight is 257 g/mol. The summed E-state index contributed by atoms with van der Waals surface area (Å²) in [5.74, 6) is 1.11. The van der Waals surface area contributed by atoms with Crippen molar-refractivity contribution in [2.75, 3.05) is 0 Å². The lowest BCUT2D eigenvalue weighted by atomic mass is 10.1. The largest absolute Gasteiger partial charge is 0.334 e. The van der Waals surface area contributed by atoms with Crippen LogP contribution in [0.25, 0.3) is 0 Å². The molecule has 0 spiro atoms. The van der Waals surface area contributed by atoms with Gasteiger partial charge in [0.05, 0.1) is 6.54 Å². The first kappa shape index (κ1) is 13.8. The maximum Gasteiger partial charge on any atom is 0.122 e. The normalized spacial score (nSPS) is 12.6. The maximum absolute atomic E-state index is 4.42. The molecule has 0 fully saturated rings. The Morgan fingerprint density at radius 1 is 1.37 bits per heavy atom. The van der Waals surface area contributed by atoms with E-state index >= 15 is 0 Å². The van der Waals surface area contributed by atoms with Gasteiger partial charge in [-0.25, -0.2) is 4.98 Å². The van der Waals surface area contributed by atoms with E-state index in [0.717, 1.165) is 25.3 Å². The number of aryl methyl sites for hydroxylation is 2. The van der Waals surface area contributed by atoms with E-state index in [1.54, 1.807) is 0 Å². The number of benzene rings is 1. The molecule has 0 aliphatic rings. The van der Waals surface area contributed by atoms with Crippen LogP contribution in [0.5, 0.6) is 0 Å². The summed E-state index contributed by atoms with van der Waals surface area (Å²) in [6.45, 7) is 8.36. The van der Waals surface area contributed by atoms with Crippen LogP contribution in [-0.2, 0) is 13.1 Å². The summed E-state index contributed by atoms with van der Waals surface area (Å²) in [6, 6.07) is 8.98. The summed E-state index contributed by atoms with van der Waals surface area (Å²) >= 11 is 0. The third kappa shape index (κ3) is 3.67. The van der Waals surface area contributed by atoms with Gasteiger partial charge in [0.15, 0.2) is 0 Å². The van der Waals surface area contributed by atoms with Gasteiger partial charge >= 0.3 is 0 Å². The minimum atomic E-state index is 0.340. The second-order valence-electron chi connectivity index (χ2n) is 5.05. The predicted octanol–water partition coefficient (Wildman–Crippen LogP) is 3.45. The van der Waals surface area contributed by atoms with Crippen LogP contribution in [-0.4, -0.2) is 9.55 Å². The van der Waals surface area contributed by atoms with Gasteiger partial charge in [0.25, 0.3) is 0 Å². The lowest BCUT2D eigenvalue weighted by Gasteiger charge is -2.15. The van der Waals surface area contributed by atoms with Crippen LogP contribution >= 0.6 is 0 Å². The molecule has 0 aliphatic carbocycles. The molecular formula is C16H23N3. The zero-order valence-electron chi connectivity index (χ0n) is 12.1. The molecule has 1 heterocycles. The molecule has 0 unspecified atom stereocenters. The zero-order chi connectivity index (χ0) is 13.7. The van der Waals surface area contributed by atoms with Gasteiger partial charge in [-0.2, -0.15) is 0 Å². The van der Waals surface area contributed by atoms with Crippen LogP contribution in [0.1, 0.15) is 43.3 Å². The van der Waals surface area contributed by atoms with E-state index in [4.69, 9.17) is 0 Å². The summed E-state index contributed by atoms with van der Waals surface area (Å²) in [7, 11) is 0. The number of nitrogens with one attached hydrogen (secondary N) is 1. The van der Waals surface area contributed by atoms with E-state index in [0.29, 0.717) is 6.04 Å². The second kappa shape index (κ2) is 6.53. The summed E-state index contributed by atoms with van der Waals surface area (Å²) < 4.78 is 2.22. The summed E-state index contributed by atoms with van der Waals surface area (Å²) in [5.41, 5.74) is 2.63. The average Bonchev–Trinajstić information content (AvgIpc) is 2.84. The lowest BCUT2D eigenvalue weighted by molar-refractivity contribution is 0.532. The summed E-state index contributed by atoms with van der Waals surface area (Å²) in [5, 5.41) is 3.54. The highest BCUT2D eigenvalue weighted by Crippen LogP contribution is 2.14. The van der Waals surface area contributed by atoms with Gasteiger partial charge in [-0.1, -0.05) is 36.8 Å². The maximum atomic E-state index is 4.42. The van der Waals surface area contributed by atoms with Crippen molar-refractivity contribution in [2.24, 2.45) is 0 Å². The van der Waals surface area contributed by atoms with E-state index in [9.17, 15) is 0 Å². The molecule has 19 heavy (non-hydrogen) atoms. The standard InChI is InChI=1S/C16H23N3/c1-4-9-19-10-8-17-16(19)12-18-14(3)15-7-5-6-13(2)11-15/h5-8,10-11,14,18H,4,9,12H2,1-3H3/t14-/m1/s1. The third-order valence-corrected chi connectivity index (χ3v) is 3.37. The molecule has 1 aromatic heterocycles. The highest BCUT2D eigenvalue weighted by Gasteiger charge is 2.07. The van der Waals surface area contributed by atoms with Crippen molar-refractivity contribution in [1.82, 2.24) is 14.9 Å². The molecule has 0 bridgehead atoms. The number of hydrogen-bond acceptors (Lipinski definition) is 2. The fraction of sp³-hybridized carbons (Fsp3) is 0.438. The molecule has 3 nitrogen and oxygen atoms in total. The topological polar surface area (TPSA) is 29.9 Å². The Bertz CT molecular complexity index is 516. The molecule has 102 valence electrons. The zero-order valence-corrected chi connectivity index (χ0v) is 12.1. The van der Waals surface area contributed by atoms with E-state index in [1.807, 2.05) is 6.20 Å². The van der Waals surface area contributed by atoms with Crippen molar-refractivity contribution < 1.29 is 0 Å². The van der Waals surface area contributed by atoms with E-state index in [-0.39, 0.29) is 0 Å². The smallest absolute Gasteiger partial charge is 0.122 e. The molecule has 3 heteroatoms. The van der Waals surface area contributed by atoms with Crippen LogP contribution in [0.4, 0.5) is 0 Å². The molecule has 0 saturated carbocycles. The number of rotatable bonds is 6. The van der Waals surface area contributed by atoms with Crippen molar-refractivity contribution in [3.63, 3.8) is 0 Å². The number of imidazole rings is 1. The molecule has 1 N–H and O–H groups in total. The van der Waals surface area contributed by atoms with E-state index in [2.05, 4.69) is 66.1 Å². The molecule has 0 saturated heterocycles. The molecular weight excluding hydrogens is 234 g/mol. The highest BCUT2D eigenvalue weighted by molar-refractivity contribution is 5.24. The Morgan fingerprint density at radius 3 is 2.95 bits per heavy atom. The van der Waals surface area contributed by atoms with Gasteiger partial charge in [-0.05, 0) is 25.8 Å². The Morgan fingerprint density at radius 2 is 2.21 bits per heavy atom. The Balaban J connectivity index is 1.96. The molecule has 1 aromatic carbocycles. The van der Waals surface area contributed by atoms with Crippen LogP contribution in [0.3, 0.4) is 0 Å². The van der Waals surface area contributed by atoms with Crippen LogP contribution in [0.15, 0.2) is 36.7 Å². The molecule has 0 aliphatic heterocycles. The minimum Gasteiger partial charge on any atom is -0.334 e. The summed E-state index contributed by atoms with van der Waals surface area (Å²) in [6.07, 6.45) is 5.07. The lowest BCUT2D eigenvalue weighted by Crippen LogP contribution is -2.20. The fourth-order valence-electron chi connectivity index (χ4n) is 2.25. The van der Waals surface area contributed by atoms with Crippen LogP contribution < -0.4 is 5.32 Å². The first-order valence-corrected chi connectivity index (χ1v) is 7.00. The van der Waals surface area contributed by atoms with Crippen LogP contribution in [0.2, 0.25) is 0 Å². The Labute approximate surface area is 115 Å². The Hall–Kier alpha value is -1.61.